The smallest absolute Gasteiger partial charge is 0.136 e. The van der Waals surface area contributed by atoms with Crippen molar-refractivity contribution >= 4 is 5.78 Å². The van der Waals surface area contributed by atoms with Crippen molar-refractivity contribution < 1.29 is 4.79 Å². The molecule has 3 aliphatic carbocycles. The van der Waals surface area contributed by atoms with Crippen LogP contribution in [0.1, 0.15) is 25.7 Å². The van der Waals surface area contributed by atoms with Crippen LogP contribution in [0.2, 0.25) is 0 Å². The van der Waals surface area contributed by atoms with Crippen molar-refractivity contribution in [1.29, 1.82) is 0 Å². The fourth-order valence-electron chi connectivity index (χ4n) is 3.41. The SMILES string of the molecule is O=C1C[C@@H]2[C@H]3CC[C@H](C3)[C@H]12. The molecule has 2 bridgehead atoms. The highest BCUT2D eigenvalue weighted by Gasteiger charge is 2.56. The monoisotopic (exact) mass is 136 g/mol. The molecule has 0 spiro atoms. The van der Waals surface area contributed by atoms with Crippen molar-refractivity contribution in [3.05, 3.63) is 0 Å². The number of ketones is 1. The highest BCUT2D eigenvalue weighted by atomic mass is 16.1. The molecule has 0 aromatic heterocycles. The first-order chi connectivity index (χ1) is 4.86. The van der Waals surface area contributed by atoms with Crippen LogP contribution in [0.15, 0.2) is 0 Å². The molecule has 0 aliphatic heterocycles. The Hall–Kier alpha value is -0.330. The lowest BCUT2D eigenvalue weighted by atomic mass is 9.65. The van der Waals surface area contributed by atoms with Gasteiger partial charge in [-0.1, -0.05) is 0 Å². The topological polar surface area (TPSA) is 17.1 Å². The molecule has 0 amide bonds. The van der Waals surface area contributed by atoms with Gasteiger partial charge in [0.2, 0.25) is 0 Å². The van der Waals surface area contributed by atoms with Gasteiger partial charge < -0.3 is 0 Å². The molecule has 0 heterocycles. The molecule has 54 valence electrons. The van der Waals surface area contributed by atoms with Crippen LogP contribution in [0.25, 0.3) is 0 Å². The van der Waals surface area contributed by atoms with Crippen LogP contribution in [-0.4, -0.2) is 5.78 Å². The normalized spacial score (nSPS) is 56.6. The first-order valence-corrected chi connectivity index (χ1v) is 4.39. The van der Waals surface area contributed by atoms with Gasteiger partial charge in [-0.25, -0.2) is 0 Å². The molecule has 0 aromatic rings. The quantitative estimate of drug-likeness (QED) is 0.494. The van der Waals surface area contributed by atoms with Crippen LogP contribution >= 0.6 is 0 Å². The third-order valence-electron chi connectivity index (χ3n) is 3.90. The van der Waals surface area contributed by atoms with E-state index in [1.54, 1.807) is 0 Å². The summed E-state index contributed by atoms with van der Waals surface area (Å²) in [5.74, 6) is 3.78. The predicted molar refractivity (Wildman–Crippen MR) is 37.4 cm³/mol. The van der Waals surface area contributed by atoms with Gasteiger partial charge in [0.05, 0.1) is 0 Å². The van der Waals surface area contributed by atoms with Crippen LogP contribution in [0.4, 0.5) is 0 Å². The fraction of sp³-hybridized carbons (Fsp3) is 0.889. The first-order valence-electron chi connectivity index (χ1n) is 4.39. The van der Waals surface area contributed by atoms with Gasteiger partial charge in [0.15, 0.2) is 0 Å². The zero-order chi connectivity index (χ0) is 6.72. The summed E-state index contributed by atoms with van der Waals surface area (Å²) in [4.78, 5) is 11.1. The number of fused-ring (bicyclic) bond motifs is 5. The molecule has 0 saturated heterocycles. The third kappa shape index (κ3) is 0.415. The Balaban J connectivity index is 1.95. The van der Waals surface area contributed by atoms with Crippen LogP contribution in [0.3, 0.4) is 0 Å². The minimum atomic E-state index is 0.554. The van der Waals surface area contributed by atoms with E-state index in [9.17, 15) is 4.79 Å². The summed E-state index contributed by atoms with van der Waals surface area (Å²) in [5, 5.41) is 0. The first kappa shape index (κ1) is 5.34. The molecule has 0 N–H and O–H groups in total. The van der Waals surface area contributed by atoms with E-state index in [2.05, 4.69) is 0 Å². The third-order valence-corrected chi connectivity index (χ3v) is 3.90. The molecule has 10 heavy (non-hydrogen) atoms. The number of carbonyl (C=O) groups is 1. The minimum absolute atomic E-state index is 0.554. The predicted octanol–water partition coefficient (Wildman–Crippen LogP) is 1.62. The Morgan fingerprint density at radius 3 is 2.60 bits per heavy atom. The molecule has 3 saturated carbocycles. The van der Waals surface area contributed by atoms with E-state index in [1.807, 2.05) is 0 Å². The van der Waals surface area contributed by atoms with Gasteiger partial charge in [-0.2, -0.15) is 0 Å². The summed E-state index contributed by atoms with van der Waals surface area (Å²) in [6, 6.07) is 0. The second kappa shape index (κ2) is 1.46. The van der Waals surface area contributed by atoms with Gasteiger partial charge in [-0.05, 0) is 37.0 Å². The second-order valence-electron chi connectivity index (χ2n) is 4.19. The standard InChI is InChI=1S/C9H12O/c10-8-4-7-5-1-2-6(3-5)9(7)8/h5-7,9H,1-4H2/t5-,6+,7+,9-/m0/s1. The molecule has 0 radical (unpaired) electrons. The van der Waals surface area contributed by atoms with Crippen molar-refractivity contribution in [1.82, 2.24) is 0 Å². The Morgan fingerprint density at radius 1 is 1.20 bits per heavy atom. The van der Waals surface area contributed by atoms with Gasteiger partial charge in [-0.3, -0.25) is 4.79 Å². The molecular weight excluding hydrogens is 124 g/mol. The van der Waals surface area contributed by atoms with Crippen LogP contribution in [0, 0.1) is 23.7 Å². The summed E-state index contributed by atoms with van der Waals surface area (Å²) < 4.78 is 0. The molecule has 0 aromatic carbocycles. The lowest BCUT2D eigenvalue weighted by Gasteiger charge is -2.38. The van der Waals surface area contributed by atoms with Crippen LogP contribution in [0.5, 0.6) is 0 Å². The fourth-order valence-corrected chi connectivity index (χ4v) is 3.41. The summed E-state index contributed by atoms with van der Waals surface area (Å²) in [6.07, 6.45) is 5.11. The van der Waals surface area contributed by atoms with E-state index in [0.29, 0.717) is 11.7 Å². The number of Topliss-reactive ketones (excluding diaryl/α,β-unsaturated/α-hetero) is 1. The highest BCUT2D eigenvalue weighted by Crippen LogP contribution is 2.59. The van der Waals surface area contributed by atoms with Crippen LogP contribution in [-0.2, 0) is 4.79 Å². The summed E-state index contributed by atoms with van der Waals surface area (Å²) in [7, 11) is 0. The Kier molecular flexibility index (Phi) is 0.781. The molecule has 0 unspecified atom stereocenters. The lowest BCUT2D eigenvalue weighted by molar-refractivity contribution is -0.136. The average Bonchev–Trinajstić information content (AvgIpc) is 2.40. The van der Waals surface area contributed by atoms with Crippen molar-refractivity contribution in [3.63, 3.8) is 0 Å². The second-order valence-corrected chi connectivity index (χ2v) is 4.19. The van der Waals surface area contributed by atoms with E-state index in [4.69, 9.17) is 0 Å². The van der Waals surface area contributed by atoms with Gasteiger partial charge >= 0.3 is 0 Å². The zero-order valence-electron chi connectivity index (χ0n) is 6.05. The van der Waals surface area contributed by atoms with Crippen molar-refractivity contribution in [2.75, 3.05) is 0 Å². The molecule has 1 nitrogen and oxygen atoms in total. The lowest BCUT2D eigenvalue weighted by Crippen LogP contribution is -2.41. The van der Waals surface area contributed by atoms with Crippen LogP contribution < -0.4 is 0 Å². The van der Waals surface area contributed by atoms with Gasteiger partial charge in [0, 0.05) is 12.3 Å². The summed E-state index contributed by atoms with van der Waals surface area (Å²) >= 11 is 0. The Bertz CT molecular complexity index is 195. The van der Waals surface area contributed by atoms with E-state index >= 15 is 0 Å². The zero-order valence-corrected chi connectivity index (χ0v) is 6.05. The van der Waals surface area contributed by atoms with Crippen molar-refractivity contribution in [3.8, 4) is 0 Å². The number of hydrogen-bond acceptors (Lipinski definition) is 1. The maximum absolute atomic E-state index is 11.1. The van der Waals surface area contributed by atoms with Crippen molar-refractivity contribution in [2.45, 2.75) is 25.7 Å². The Labute approximate surface area is 60.8 Å². The Morgan fingerprint density at radius 2 is 2.00 bits per heavy atom. The minimum Gasteiger partial charge on any atom is -0.299 e. The molecule has 4 atom stereocenters. The maximum Gasteiger partial charge on any atom is 0.136 e. The molecule has 3 rings (SSSR count). The molecule has 3 aliphatic rings. The number of carbonyl (C=O) groups excluding carboxylic acids is 1. The molecule has 3 fully saturated rings. The largest absolute Gasteiger partial charge is 0.299 e. The summed E-state index contributed by atoms with van der Waals surface area (Å²) in [6.45, 7) is 0. The van der Waals surface area contributed by atoms with Crippen molar-refractivity contribution in [2.24, 2.45) is 23.7 Å². The summed E-state index contributed by atoms with van der Waals surface area (Å²) in [5.41, 5.74) is 0. The van der Waals surface area contributed by atoms with E-state index in [0.717, 1.165) is 24.2 Å². The van der Waals surface area contributed by atoms with Gasteiger partial charge in [0.1, 0.15) is 5.78 Å². The van der Waals surface area contributed by atoms with Gasteiger partial charge in [0.25, 0.3) is 0 Å². The number of hydrogen-bond donors (Lipinski definition) is 0. The van der Waals surface area contributed by atoms with E-state index in [-0.39, 0.29) is 0 Å². The number of rotatable bonds is 0. The van der Waals surface area contributed by atoms with Gasteiger partial charge in [-0.15, -0.1) is 0 Å². The van der Waals surface area contributed by atoms with E-state index in [1.165, 1.54) is 19.3 Å². The molecular formula is C9H12O. The van der Waals surface area contributed by atoms with E-state index < -0.39 is 0 Å². The maximum atomic E-state index is 11.1. The average molecular weight is 136 g/mol. The highest BCUT2D eigenvalue weighted by molar-refractivity contribution is 5.88. The molecule has 1 heteroatoms.